The zero-order valence-corrected chi connectivity index (χ0v) is 10.6. The minimum absolute atomic E-state index is 0.0730. The van der Waals surface area contributed by atoms with Crippen molar-refractivity contribution in [2.24, 2.45) is 0 Å². The predicted molar refractivity (Wildman–Crippen MR) is 65.9 cm³/mol. The van der Waals surface area contributed by atoms with Gasteiger partial charge in [-0.25, -0.2) is 0 Å². The topological polar surface area (TPSA) is 53.6 Å². The van der Waals surface area contributed by atoms with Gasteiger partial charge in [-0.3, -0.25) is 4.79 Å². The fourth-order valence-electron chi connectivity index (χ4n) is 2.45. The van der Waals surface area contributed by atoms with Gasteiger partial charge in [0.05, 0.1) is 6.04 Å². The van der Waals surface area contributed by atoms with Crippen LogP contribution in [0.2, 0.25) is 0 Å². The summed E-state index contributed by atoms with van der Waals surface area (Å²) in [6.45, 7) is 7.08. The Morgan fingerprint density at radius 2 is 2.00 bits per heavy atom. The number of hydrogen-bond donors (Lipinski definition) is 2. The van der Waals surface area contributed by atoms with Gasteiger partial charge >= 0.3 is 0 Å². The van der Waals surface area contributed by atoms with Gasteiger partial charge in [0.25, 0.3) is 0 Å². The molecule has 0 saturated carbocycles. The number of piperazine rings is 1. The Kier molecular flexibility index (Phi) is 4.76. The number of nitrogens with one attached hydrogen (secondary N) is 2. The van der Waals surface area contributed by atoms with Crippen molar-refractivity contribution in [3.8, 4) is 0 Å². The lowest BCUT2D eigenvalue weighted by atomic mass is 10.1. The summed E-state index contributed by atoms with van der Waals surface area (Å²) in [5.74, 6) is 0.234. The fourth-order valence-corrected chi connectivity index (χ4v) is 2.45. The summed E-state index contributed by atoms with van der Waals surface area (Å²) in [5.41, 5.74) is 0. The van der Waals surface area contributed by atoms with Crippen LogP contribution in [0.15, 0.2) is 0 Å². The predicted octanol–water partition coefficient (Wildman–Crippen LogP) is -0.425. The lowest BCUT2D eigenvalue weighted by Crippen LogP contribution is -2.54. The highest BCUT2D eigenvalue weighted by Crippen LogP contribution is 2.08. The van der Waals surface area contributed by atoms with E-state index in [2.05, 4.69) is 10.6 Å². The van der Waals surface area contributed by atoms with Gasteiger partial charge in [0, 0.05) is 45.4 Å². The fraction of sp³-hybridized carbons (Fsp3) is 0.917. The number of carbonyl (C=O) groups excluding carboxylic acids is 1. The molecular formula is C12H23N3O2. The third kappa shape index (κ3) is 3.66. The molecule has 0 aromatic rings. The Balaban J connectivity index is 1.77. The number of amides is 1. The molecule has 0 radical (unpaired) electrons. The van der Waals surface area contributed by atoms with Crippen molar-refractivity contribution in [3.63, 3.8) is 0 Å². The Bertz CT molecular complexity index is 248. The maximum absolute atomic E-state index is 12.2. The van der Waals surface area contributed by atoms with Gasteiger partial charge in [-0.15, -0.1) is 0 Å². The molecule has 2 aliphatic rings. The first-order valence-electron chi connectivity index (χ1n) is 6.60. The van der Waals surface area contributed by atoms with Crippen LogP contribution in [-0.2, 0) is 9.53 Å². The van der Waals surface area contributed by atoms with Gasteiger partial charge < -0.3 is 20.3 Å². The number of ether oxygens (including phenoxy) is 1. The first kappa shape index (κ1) is 12.8. The smallest absolute Gasteiger partial charge is 0.239 e. The van der Waals surface area contributed by atoms with Crippen molar-refractivity contribution in [1.82, 2.24) is 15.5 Å². The maximum atomic E-state index is 12.2. The Morgan fingerprint density at radius 3 is 2.65 bits per heavy atom. The van der Waals surface area contributed by atoms with Crippen LogP contribution >= 0.6 is 0 Å². The average molecular weight is 241 g/mol. The third-order valence-electron chi connectivity index (χ3n) is 3.51. The summed E-state index contributed by atoms with van der Waals surface area (Å²) in [6, 6.07) is 0.363. The van der Waals surface area contributed by atoms with E-state index >= 15 is 0 Å². The van der Waals surface area contributed by atoms with Crippen LogP contribution in [-0.4, -0.2) is 62.3 Å². The molecule has 0 bridgehead atoms. The van der Waals surface area contributed by atoms with Crippen molar-refractivity contribution in [2.75, 3.05) is 39.4 Å². The van der Waals surface area contributed by atoms with E-state index in [9.17, 15) is 4.79 Å². The van der Waals surface area contributed by atoms with Crippen LogP contribution < -0.4 is 10.6 Å². The molecule has 0 aliphatic carbocycles. The van der Waals surface area contributed by atoms with Crippen molar-refractivity contribution in [3.05, 3.63) is 0 Å². The quantitative estimate of drug-likeness (QED) is 0.704. The molecule has 2 heterocycles. The minimum atomic E-state index is -0.0730. The highest BCUT2D eigenvalue weighted by molar-refractivity contribution is 5.81. The van der Waals surface area contributed by atoms with Gasteiger partial charge in [-0.05, 0) is 19.8 Å². The van der Waals surface area contributed by atoms with E-state index in [1.807, 2.05) is 11.8 Å². The zero-order valence-electron chi connectivity index (χ0n) is 10.6. The molecule has 1 amide bonds. The normalized spacial score (nSPS) is 24.6. The van der Waals surface area contributed by atoms with Gasteiger partial charge in [0.2, 0.25) is 5.91 Å². The highest BCUT2D eigenvalue weighted by atomic mass is 16.5. The molecule has 17 heavy (non-hydrogen) atoms. The first-order chi connectivity index (χ1) is 8.27. The summed E-state index contributed by atoms with van der Waals surface area (Å²) in [4.78, 5) is 14.1. The summed E-state index contributed by atoms with van der Waals surface area (Å²) in [7, 11) is 0. The van der Waals surface area contributed by atoms with E-state index in [4.69, 9.17) is 4.74 Å². The van der Waals surface area contributed by atoms with Crippen LogP contribution in [0.3, 0.4) is 0 Å². The molecular weight excluding hydrogens is 218 g/mol. The number of rotatable bonds is 3. The van der Waals surface area contributed by atoms with Gasteiger partial charge in [-0.1, -0.05) is 0 Å². The molecule has 2 saturated heterocycles. The van der Waals surface area contributed by atoms with Crippen molar-refractivity contribution in [1.29, 1.82) is 0 Å². The molecule has 98 valence electrons. The molecule has 5 nitrogen and oxygen atoms in total. The second-order valence-electron chi connectivity index (χ2n) is 4.85. The van der Waals surface area contributed by atoms with Crippen molar-refractivity contribution in [2.45, 2.75) is 31.8 Å². The summed E-state index contributed by atoms with van der Waals surface area (Å²) < 4.78 is 5.31. The molecule has 2 N–H and O–H groups in total. The molecule has 2 aliphatic heterocycles. The molecule has 0 aromatic heterocycles. The third-order valence-corrected chi connectivity index (χ3v) is 3.51. The van der Waals surface area contributed by atoms with E-state index in [-0.39, 0.29) is 11.9 Å². The summed E-state index contributed by atoms with van der Waals surface area (Å²) in [6.07, 6.45) is 2.03. The first-order valence-corrected chi connectivity index (χ1v) is 6.60. The van der Waals surface area contributed by atoms with Crippen LogP contribution in [0.4, 0.5) is 0 Å². The molecule has 2 fully saturated rings. The van der Waals surface area contributed by atoms with Gasteiger partial charge in [0.15, 0.2) is 0 Å². The Hall–Kier alpha value is -0.650. The second kappa shape index (κ2) is 6.33. The SMILES string of the molecule is CC(NC1CCOCC1)C(=O)N1CCNCC1. The standard InChI is InChI=1S/C12H23N3O2/c1-10(14-11-2-8-17-9-3-11)12(16)15-6-4-13-5-7-15/h10-11,13-14H,2-9H2,1H3. The second-order valence-corrected chi connectivity index (χ2v) is 4.85. The molecule has 1 unspecified atom stereocenters. The van der Waals surface area contributed by atoms with Crippen LogP contribution in [0.5, 0.6) is 0 Å². The molecule has 2 rings (SSSR count). The van der Waals surface area contributed by atoms with E-state index in [1.165, 1.54) is 0 Å². The lowest BCUT2D eigenvalue weighted by molar-refractivity contribution is -0.134. The number of carbonyl (C=O) groups is 1. The highest BCUT2D eigenvalue weighted by Gasteiger charge is 2.24. The van der Waals surface area contributed by atoms with Crippen molar-refractivity contribution < 1.29 is 9.53 Å². The zero-order chi connectivity index (χ0) is 12.1. The van der Waals surface area contributed by atoms with E-state index in [0.717, 1.165) is 52.2 Å². The van der Waals surface area contributed by atoms with Crippen LogP contribution in [0.25, 0.3) is 0 Å². The van der Waals surface area contributed by atoms with Crippen LogP contribution in [0, 0.1) is 0 Å². The van der Waals surface area contributed by atoms with E-state index in [0.29, 0.717) is 6.04 Å². The minimum Gasteiger partial charge on any atom is -0.381 e. The van der Waals surface area contributed by atoms with E-state index < -0.39 is 0 Å². The average Bonchev–Trinajstić information content (AvgIpc) is 2.40. The maximum Gasteiger partial charge on any atom is 0.239 e. The molecule has 0 aromatic carbocycles. The van der Waals surface area contributed by atoms with Crippen LogP contribution in [0.1, 0.15) is 19.8 Å². The molecule has 5 heteroatoms. The number of nitrogens with zero attached hydrogens (tertiary/aromatic N) is 1. The Labute approximate surface area is 103 Å². The monoisotopic (exact) mass is 241 g/mol. The Morgan fingerprint density at radius 1 is 1.35 bits per heavy atom. The van der Waals surface area contributed by atoms with Gasteiger partial charge in [0.1, 0.15) is 0 Å². The van der Waals surface area contributed by atoms with E-state index in [1.54, 1.807) is 0 Å². The lowest BCUT2D eigenvalue weighted by Gasteiger charge is -2.32. The summed E-state index contributed by atoms with van der Waals surface area (Å²) >= 11 is 0. The largest absolute Gasteiger partial charge is 0.381 e. The van der Waals surface area contributed by atoms with Gasteiger partial charge in [-0.2, -0.15) is 0 Å². The molecule has 0 spiro atoms. The summed E-state index contributed by atoms with van der Waals surface area (Å²) in [5, 5.41) is 6.68. The molecule has 1 atom stereocenters. The number of hydrogen-bond acceptors (Lipinski definition) is 4. The van der Waals surface area contributed by atoms with Crippen molar-refractivity contribution >= 4 is 5.91 Å².